The maximum absolute atomic E-state index is 12.3. The summed E-state index contributed by atoms with van der Waals surface area (Å²) >= 11 is 0. The third kappa shape index (κ3) is 5.37. The summed E-state index contributed by atoms with van der Waals surface area (Å²) < 4.78 is 39.4. The number of fused-ring (bicyclic) bond motifs is 1. The summed E-state index contributed by atoms with van der Waals surface area (Å²) in [6, 6.07) is 11.9. The third-order valence-electron chi connectivity index (χ3n) is 5.04. The molecule has 30 heavy (non-hydrogen) atoms. The molecule has 2 aromatic carbocycles. The van der Waals surface area contributed by atoms with Gasteiger partial charge in [-0.1, -0.05) is 6.07 Å². The number of nitrogens with zero attached hydrogens (tertiary/aromatic N) is 2. The molecule has 0 saturated carbocycles. The van der Waals surface area contributed by atoms with Crippen molar-refractivity contribution in [3.63, 3.8) is 0 Å². The van der Waals surface area contributed by atoms with E-state index in [0.29, 0.717) is 5.69 Å². The van der Waals surface area contributed by atoms with Gasteiger partial charge in [-0.05, 0) is 42.0 Å². The van der Waals surface area contributed by atoms with Gasteiger partial charge in [0.25, 0.3) is 0 Å². The van der Waals surface area contributed by atoms with Crippen LogP contribution in [-0.2, 0) is 11.3 Å². The predicted molar refractivity (Wildman–Crippen MR) is 106 cm³/mol. The second-order valence-electron chi connectivity index (χ2n) is 7.19. The molecule has 1 amide bonds. The van der Waals surface area contributed by atoms with Gasteiger partial charge in [-0.25, -0.2) is 0 Å². The van der Waals surface area contributed by atoms with Crippen molar-refractivity contribution in [2.75, 3.05) is 44.8 Å². The largest absolute Gasteiger partial charge is 0.454 e. The molecule has 1 fully saturated rings. The third-order valence-corrected chi connectivity index (χ3v) is 5.04. The highest BCUT2D eigenvalue weighted by Gasteiger charge is 2.20. The van der Waals surface area contributed by atoms with Gasteiger partial charge in [-0.2, -0.15) is 8.78 Å². The van der Waals surface area contributed by atoms with Crippen molar-refractivity contribution in [2.45, 2.75) is 13.2 Å². The van der Waals surface area contributed by atoms with Gasteiger partial charge in [0.05, 0.1) is 6.54 Å². The van der Waals surface area contributed by atoms with Crippen molar-refractivity contribution in [3.05, 3.63) is 48.0 Å². The Labute approximate surface area is 173 Å². The minimum absolute atomic E-state index is 0.0570. The van der Waals surface area contributed by atoms with E-state index in [9.17, 15) is 13.6 Å². The number of nitrogens with one attached hydrogen (secondary N) is 1. The van der Waals surface area contributed by atoms with Crippen LogP contribution in [0, 0.1) is 0 Å². The lowest BCUT2D eigenvalue weighted by atomic mass is 10.1. The molecular formula is C21H23F2N3O4. The van der Waals surface area contributed by atoms with Crippen LogP contribution in [0.25, 0.3) is 0 Å². The second kappa shape index (κ2) is 9.27. The predicted octanol–water partition coefficient (Wildman–Crippen LogP) is 2.77. The maximum atomic E-state index is 12.3. The molecule has 0 spiro atoms. The summed E-state index contributed by atoms with van der Waals surface area (Å²) in [5.74, 6) is 1.49. The molecule has 4 rings (SSSR count). The van der Waals surface area contributed by atoms with E-state index in [2.05, 4.69) is 19.9 Å². The van der Waals surface area contributed by atoms with Crippen LogP contribution in [0.4, 0.5) is 14.5 Å². The van der Waals surface area contributed by atoms with Crippen LogP contribution in [0.3, 0.4) is 0 Å². The average molecular weight is 419 g/mol. The Morgan fingerprint density at radius 3 is 2.43 bits per heavy atom. The SMILES string of the molecule is O=C(CN1CCN(Cc2ccc3c(c2)OCO3)CC1)Nc1ccc(OC(F)F)cc1. The van der Waals surface area contributed by atoms with Crippen molar-refractivity contribution in [3.8, 4) is 17.2 Å². The fraction of sp³-hybridized carbons (Fsp3) is 0.381. The molecule has 7 nitrogen and oxygen atoms in total. The molecule has 9 heteroatoms. The molecule has 2 heterocycles. The van der Waals surface area contributed by atoms with E-state index in [0.717, 1.165) is 44.2 Å². The number of piperazine rings is 1. The van der Waals surface area contributed by atoms with Crippen LogP contribution in [0.5, 0.6) is 17.2 Å². The van der Waals surface area contributed by atoms with Crippen LogP contribution < -0.4 is 19.5 Å². The number of carbonyl (C=O) groups is 1. The number of hydrogen-bond donors (Lipinski definition) is 1. The number of amides is 1. The normalized spacial score (nSPS) is 16.6. The molecular weight excluding hydrogens is 396 g/mol. The van der Waals surface area contributed by atoms with E-state index in [1.807, 2.05) is 18.2 Å². The van der Waals surface area contributed by atoms with Crippen molar-refractivity contribution in [1.82, 2.24) is 9.80 Å². The van der Waals surface area contributed by atoms with E-state index < -0.39 is 6.61 Å². The number of rotatable bonds is 7. The molecule has 2 aromatic rings. The van der Waals surface area contributed by atoms with Gasteiger partial charge < -0.3 is 19.5 Å². The zero-order valence-corrected chi connectivity index (χ0v) is 16.4. The van der Waals surface area contributed by atoms with Crippen LogP contribution >= 0.6 is 0 Å². The van der Waals surface area contributed by atoms with Gasteiger partial charge in [0.1, 0.15) is 5.75 Å². The lowest BCUT2D eigenvalue weighted by Crippen LogP contribution is -2.48. The smallest absolute Gasteiger partial charge is 0.387 e. The van der Waals surface area contributed by atoms with Gasteiger partial charge in [-0.3, -0.25) is 14.6 Å². The summed E-state index contributed by atoms with van der Waals surface area (Å²) in [5, 5.41) is 2.78. The number of carbonyl (C=O) groups excluding carboxylic acids is 1. The average Bonchev–Trinajstić information content (AvgIpc) is 3.18. The standard InChI is InChI=1S/C21H23F2N3O4/c22-21(23)30-17-4-2-16(3-5-17)24-20(27)13-26-9-7-25(8-10-26)12-15-1-6-18-19(11-15)29-14-28-18/h1-6,11,21H,7-10,12-14H2,(H,24,27). The van der Waals surface area contributed by atoms with Gasteiger partial charge in [0, 0.05) is 38.4 Å². The number of hydrogen-bond acceptors (Lipinski definition) is 6. The molecule has 0 bridgehead atoms. The number of benzene rings is 2. The van der Waals surface area contributed by atoms with E-state index in [1.54, 1.807) is 12.1 Å². The quantitative estimate of drug-likeness (QED) is 0.745. The number of alkyl halides is 2. The van der Waals surface area contributed by atoms with E-state index in [4.69, 9.17) is 9.47 Å². The monoisotopic (exact) mass is 419 g/mol. The van der Waals surface area contributed by atoms with Gasteiger partial charge in [0.2, 0.25) is 12.7 Å². The van der Waals surface area contributed by atoms with E-state index in [1.165, 1.54) is 17.7 Å². The van der Waals surface area contributed by atoms with Crippen LogP contribution in [-0.4, -0.2) is 61.8 Å². The van der Waals surface area contributed by atoms with Gasteiger partial charge in [-0.15, -0.1) is 0 Å². The topological polar surface area (TPSA) is 63.3 Å². The summed E-state index contributed by atoms with van der Waals surface area (Å²) in [6.45, 7) is 1.82. The Bertz CT molecular complexity index is 871. The highest BCUT2D eigenvalue weighted by molar-refractivity contribution is 5.92. The Hall–Kier alpha value is -2.91. The highest BCUT2D eigenvalue weighted by atomic mass is 19.3. The molecule has 0 aliphatic carbocycles. The molecule has 0 aromatic heterocycles. The van der Waals surface area contributed by atoms with Crippen molar-refractivity contribution in [1.29, 1.82) is 0 Å². The zero-order valence-electron chi connectivity index (χ0n) is 16.4. The maximum Gasteiger partial charge on any atom is 0.387 e. The van der Waals surface area contributed by atoms with Crippen LogP contribution in [0.2, 0.25) is 0 Å². The first-order chi connectivity index (χ1) is 14.5. The summed E-state index contributed by atoms with van der Waals surface area (Å²) in [4.78, 5) is 16.7. The Morgan fingerprint density at radius 2 is 1.70 bits per heavy atom. The molecule has 1 saturated heterocycles. The Balaban J connectivity index is 1.20. The molecule has 0 radical (unpaired) electrons. The minimum Gasteiger partial charge on any atom is -0.454 e. The summed E-state index contributed by atoms with van der Waals surface area (Å²) in [5.41, 5.74) is 1.72. The molecule has 1 N–H and O–H groups in total. The molecule has 2 aliphatic heterocycles. The highest BCUT2D eigenvalue weighted by Crippen LogP contribution is 2.32. The zero-order chi connectivity index (χ0) is 20.9. The molecule has 2 aliphatic rings. The first-order valence-corrected chi connectivity index (χ1v) is 9.73. The first kappa shape index (κ1) is 20.4. The van der Waals surface area contributed by atoms with E-state index in [-0.39, 0.29) is 25.0 Å². The minimum atomic E-state index is -2.87. The van der Waals surface area contributed by atoms with Gasteiger partial charge in [0.15, 0.2) is 11.5 Å². The molecule has 160 valence electrons. The van der Waals surface area contributed by atoms with Crippen LogP contribution in [0.1, 0.15) is 5.56 Å². The number of anilines is 1. The first-order valence-electron chi connectivity index (χ1n) is 9.73. The lowest BCUT2D eigenvalue weighted by Gasteiger charge is -2.34. The number of ether oxygens (including phenoxy) is 3. The molecule has 0 atom stereocenters. The number of halogens is 2. The Morgan fingerprint density at radius 1 is 1.00 bits per heavy atom. The van der Waals surface area contributed by atoms with Crippen LogP contribution in [0.15, 0.2) is 42.5 Å². The van der Waals surface area contributed by atoms with Crippen molar-refractivity contribution < 1.29 is 27.8 Å². The fourth-order valence-corrected chi connectivity index (χ4v) is 3.53. The lowest BCUT2D eigenvalue weighted by molar-refractivity contribution is -0.117. The van der Waals surface area contributed by atoms with E-state index >= 15 is 0 Å². The fourth-order valence-electron chi connectivity index (χ4n) is 3.53. The summed E-state index contributed by atoms with van der Waals surface area (Å²) in [7, 11) is 0. The molecule has 0 unspecified atom stereocenters. The van der Waals surface area contributed by atoms with Gasteiger partial charge >= 0.3 is 6.61 Å². The van der Waals surface area contributed by atoms with Crippen molar-refractivity contribution in [2.24, 2.45) is 0 Å². The van der Waals surface area contributed by atoms with Crippen molar-refractivity contribution >= 4 is 11.6 Å². The summed E-state index contributed by atoms with van der Waals surface area (Å²) in [6.07, 6.45) is 0. The Kier molecular flexibility index (Phi) is 6.29. The second-order valence-corrected chi connectivity index (χ2v) is 7.19.